The van der Waals surface area contributed by atoms with Gasteiger partial charge in [0.15, 0.2) is 0 Å². The molecule has 0 spiro atoms. The van der Waals surface area contributed by atoms with Gasteiger partial charge in [-0.05, 0) is 73.3 Å². The van der Waals surface area contributed by atoms with Gasteiger partial charge < -0.3 is 10.5 Å². The lowest BCUT2D eigenvalue weighted by Gasteiger charge is -2.37. The van der Waals surface area contributed by atoms with E-state index in [9.17, 15) is 0 Å². The SMILES string of the molecule is COc1ccc2c(c1)C1C(CCCN1C)C2c1cccc(N)c1. The quantitative estimate of drug-likeness (QED) is 0.858. The zero-order chi connectivity index (χ0) is 16.0. The first kappa shape index (κ1) is 14.6. The molecule has 1 saturated heterocycles. The summed E-state index contributed by atoms with van der Waals surface area (Å²) in [4.78, 5) is 2.51. The fraction of sp³-hybridized carbons (Fsp3) is 0.400. The average Bonchev–Trinajstić information content (AvgIpc) is 2.89. The van der Waals surface area contributed by atoms with Crippen molar-refractivity contribution in [2.45, 2.75) is 24.8 Å². The molecule has 2 aromatic rings. The number of rotatable bonds is 2. The number of benzene rings is 2. The second-order valence-corrected chi connectivity index (χ2v) is 6.87. The van der Waals surface area contributed by atoms with Gasteiger partial charge in [0.25, 0.3) is 0 Å². The fourth-order valence-corrected chi connectivity index (χ4v) is 4.65. The van der Waals surface area contributed by atoms with Crippen LogP contribution in [-0.2, 0) is 0 Å². The van der Waals surface area contributed by atoms with Crippen molar-refractivity contribution in [1.82, 2.24) is 4.90 Å². The predicted octanol–water partition coefficient (Wildman–Crippen LogP) is 3.81. The van der Waals surface area contributed by atoms with E-state index < -0.39 is 0 Å². The molecule has 1 heterocycles. The van der Waals surface area contributed by atoms with Gasteiger partial charge in [-0.1, -0.05) is 18.2 Å². The molecule has 23 heavy (non-hydrogen) atoms. The Labute approximate surface area is 138 Å². The summed E-state index contributed by atoms with van der Waals surface area (Å²) < 4.78 is 5.48. The van der Waals surface area contributed by atoms with Gasteiger partial charge >= 0.3 is 0 Å². The van der Waals surface area contributed by atoms with E-state index >= 15 is 0 Å². The third kappa shape index (κ3) is 2.31. The normalized spacial score (nSPS) is 26.6. The van der Waals surface area contributed by atoms with Crippen LogP contribution in [0.5, 0.6) is 5.75 Å². The second-order valence-electron chi connectivity index (χ2n) is 6.87. The molecular weight excluding hydrogens is 284 g/mol. The molecule has 0 radical (unpaired) electrons. The number of piperidine rings is 1. The third-order valence-electron chi connectivity index (χ3n) is 5.57. The van der Waals surface area contributed by atoms with Gasteiger partial charge in [0.2, 0.25) is 0 Å². The highest BCUT2D eigenvalue weighted by Gasteiger charge is 2.44. The summed E-state index contributed by atoms with van der Waals surface area (Å²) >= 11 is 0. The van der Waals surface area contributed by atoms with Gasteiger partial charge in [-0.25, -0.2) is 0 Å². The summed E-state index contributed by atoms with van der Waals surface area (Å²) in [5.41, 5.74) is 11.1. The van der Waals surface area contributed by atoms with E-state index in [0.29, 0.717) is 17.9 Å². The topological polar surface area (TPSA) is 38.5 Å². The van der Waals surface area contributed by atoms with Crippen molar-refractivity contribution in [3.8, 4) is 5.75 Å². The Balaban J connectivity index is 1.87. The first-order valence-corrected chi connectivity index (χ1v) is 8.42. The minimum Gasteiger partial charge on any atom is -0.497 e. The minimum atomic E-state index is 0.437. The van der Waals surface area contributed by atoms with E-state index in [1.807, 2.05) is 6.07 Å². The number of likely N-dealkylation sites (tertiary alicyclic amines) is 1. The van der Waals surface area contributed by atoms with Gasteiger partial charge in [0.1, 0.15) is 5.75 Å². The monoisotopic (exact) mass is 308 g/mol. The van der Waals surface area contributed by atoms with E-state index in [-0.39, 0.29) is 0 Å². The Bertz CT molecular complexity index is 727. The number of hydrogen-bond acceptors (Lipinski definition) is 3. The molecule has 0 bridgehead atoms. The Morgan fingerprint density at radius 1 is 1.13 bits per heavy atom. The van der Waals surface area contributed by atoms with Crippen LogP contribution in [0.2, 0.25) is 0 Å². The largest absolute Gasteiger partial charge is 0.497 e. The average molecular weight is 308 g/mol. The summed E-state index contributed by atoms with van der Waals surface area (Å²) in [5.74, 6) is 2.01. The van der Waals surface area contributed by atoms with Gasteiger partial charge in [-0.3, -0.25) is 4.90 Å². The minimum absolute atomic E-state index is 0.437. The van der Waals surface area contributed by atoms with Crippen molar-refractivity contribution >= 4 is 5.69 Å². The van der Waals surface area contributed by atoms with Gasteiger partial charge in [0.05, 0.1) is 7.11 Å². The number of fused-ring (bicyclic) bond motifs is 3. The molecule has 3 nitrogen and oxygen atoms in total. The first-order chi connectivity index (χ1) is 11.2. The van der Waals surface area contributed by atoms with Crippen LogP contribution in [0, 0.1) is 5.92 Å². The molecule has 0 amide bonds. The smallest absolute Gasteiger partial charge is 0.119 e. The van der Waals surface area contributed by atoms with E-state index in [0.717, 1.165) is 11.4 Å². The van der Waals surface area contributed by atoms with E-state index in [2.05, 4.69) is 48.3 Å². The van der Waals surface area contributed by atoms with Crippen molar-refractivity contribution in [2.24, 2.45) is 5.92 Å². The molecule has 2 aromatic carbocycles. The lowest BCUT2D eigenvalue weighted by Crippen LogP contribution is -2.34. The molecule has 1 aliphatic heterocycles. The fourth-order valence-electron chi connectivity index (χ4n) is 4.65. The molecule has 2 aliphatic rings. The third-order valence-corrected chi connectivity index (χ3v) is 5.57. The van der Waals surface area contributed by atoms with Crippen LogP contribution in [0.1, 0.15) is 41.5 Å². The Kier molecular flexibility index (Phi) is 3.53. The number of anilines is 1. The van der Waals surface area contributed by atoms with Crippen LogP contribution in [0.3, 0.4) is 0 Å². The Morgan fingerprint density at radius 3 is 2.78 bits per heavy atom. The summed E-state index contributed by atoms with van der Waals surface area (Å²) in [7, 11) is 4.00. The molecule has 0 saturated carbocycles. The molecule has 1 fully saturated rings. The zero-order valence-corrected chi connectivity index (χ0v) is 13.8. The maximum atomic E-state index is 6.06. The van der Waals surface area contributed by atoms with Gasteiger partial charge in [-0.15, -0.1) is 0 Å². The van der Waals surface area contributed by atoms with Crippen LogP contribution in [0.25, 0.3) is 0 Å². The highest BCUT2D eigenvalue weighted by molar-refractivity contribution is 5.52. The zero-order valence-electron chi connectivity index (χ0n) is 13.8. The summed E-state index contributed by atoms with van der Waals surface area (Å²) in [6.45, 7) is 1.17. The molecule has 2 N–H and O–H groups in total. The lowest BCUT2D eigenvalue weighted by molar-refractivity contribution is 0.126. The molecule has 120 valence electrons. The van der Waals surface area contributed by atoms with Crippen LogP contribution >= 0.6 is 0 Å². The Hall–Kier alpha value is -2.00. The second kappa shape index (κ2) is 5.57. The number of hydrogen-bond donors (Lipinski definition) is 1. The molecular formula is C20H24N2O. The number of methoxy groups -OCH3 is 1. The highest BCUT2D eigenvalue weighted by Crippen LogP contribution is 2.55. The lowest BCUT2D eigenvalue weighted by atomic mass is 9.80. The molecule has 1 aliphatic carbocycles. The maximum absolute atomic E-state index is 6.06. The number of ether oxygens (including phenoxy) is 1. The van der Waals surface area contributed by atoms with Crippen molar-refractivity contribution in [2.75, 3.05) is 26.4 Å². The molecule has 4 rings (SSSR count). The van der Waals surface area contributed by atoms with Crippen LogP contribution in [0.4, 0.5) is 5.69 Å². The van der Waals surface area contributed by atoms with Crippen molar-refractivity contribution in [1.29, 1.82) is 0 Å². The van der Waals surface area contributed by atoms with Crippen molar-refractivity contribution in [3.05, 3.63) is 59.2 Å². The van der Waals surface area contributed by atoms with E-state index in [4.69, 9.17) is 10.5 Å². The summed E-state index contributed by atoms with van der Waals surface area (Å²) in [5, 5.41) is 0. The molecule has 3 atom stereocenters. The number of nitrogen functional groups attached to an aromatic ring is 1. The Morgan fingerprint density at radius 2 is 2.00 bits per heavy atom. The first-order valence-electron chi connectivity index (χ1n) is 8.42. The molecule has 3 unspecified atom stereocenters. The number of nitrogens with zero attached hydrogens (tertiary/aromatic N) is 1. The van der Waals surface area contributed by atoms with Gasteiger partial charge in [-0.2, -0.15) is 0 Å². The summed E-state index contributed by atoms with van der Waals surface area (Å²) in [6.07, 6.45) is 2.53. The highest BCUT2D eigenvalue weighted by atomic mass is 16.5. The molecule has 0 aromatic heterocycles. The van der Waals surface area contributed by atoms with Crippen molar-refractivity contribution < 1.29 is 4.74 Å². The van der Waals surface area contributed by atoms with E-state index in [1.54, 1.807) is 7.11 Å². The van der Waals surface area contributed by atoms with Crippen LogP contribution in [-0.4, -0.2) is 25.6 Å². The standard InChI is InChI=1S/C20H24N2O/c1-22-10-4-7-17-19(13-5-3-6-14(21)11-13)16-9-8-15(23-2)12-18(16)20(17)22/h3,5-6,8-9,11-12,17,19-20H,4,7,10,21H2,1-2H3. The molecule has 3 heteroatoms. The number of nitrogens with two attached hydrogens (primary N) is 1. The maximum Gasteiger partial charge on any atom is 0.119 e. The van der Waals surface area contributed by atoms with Gasteiger partial charge in [0, 0.05) is 17.6 Å². The summed E-state index contributed by atoms with van der Waals surface area (Å²) in [6, 6.07) is 15.5. The predicted molar refractivity (Wildman–Crippen MR) is 93.8 cm³/mol. The van der Waals surface area contributed by atoms with Crippen LogP contribution in [0.15, 0.2) is 42.5 Å². The van der Waals surface area contributed by atoms with Crippen LogP contribution < -0.4 is 10.5 Å². The van der Waals surface area contributed by atoms with Crippen molar-refractivity contribution in [3.63, 3.8) is 0 Å². The van der Waals surface area contributed by atoms with E-state index in [1.165, 1.54) is 36.1 Å².